The Hall–Kier alpha value is -1.94. The van der Waals surface area contributed by atoms with Gasteiger partial charge in [0.2, 0.25) is 0 Å². The number of aryl methyl sites for hydroxylation is 1. The van der Waals surface area contributed by atoms with Crippen molar-refractivity contribution in [1.82, 2.24) is 19.9 Å². The van der Waals surface area contributed by atoms with Gasteiger partial charge in [0.15, 0.2) is 0 Å². The first kappa shape index (κ1) is 14.0. The predicted molar refractivity (Wildman–Crippen MR) is 84.8 cm³/mol. The fourth-order valence-corrected chi connectivity index (χ4v) is 3.03. The summed E-state index contributed by atoms with van der Waals surface area (Å²) < 4.78 is 0. The van der Waals surface area contributed by atoms with E-state index < -0.39 is 0 Å². The number of rotatable bonds is 3. The van der Waals surface area contributed by atoms with Crippen LogP contribution in [0.15, 0.2) is 24.3 Å². The van der Waals surface area contributed by atoms with E-state index in [-0.39, 0.29) is 0 Å². The van der Waals surface area contributed by atoms with Gasteiger partial charge in [-0.3, -0.25) is 0 Å². The Kier molecular flexibility index (Phi) is 3.64. The molecule has 2 aromatic heterocycles. The van der Waals surface area contributed by atoms with Crippen LogP contribution < -0.4 is 0 Å². The average molecular weight is 301 g/mol. The minimum atomic E-state index is 0.317. The molecule has 0 bridgehead atoms. The van der Waals surface area contributed by atoms with Crippen molar-refractivity contribution in [3.05, 3.63) is 52.3 Å². The number of aromatic amines is 1. The molecule has 0 amide bonds. The number of hydrogen-bond donors (Lipinski definition) is 1. The van der Waals surface area contributed by atoms with Crippen LogP contribution in [-0.2, 0) is 6.42 Å². The molecule has 1 aromatic carbocycles. The lowest BCUT2D eigenvalue weighted by Crippen LogP contribution is -2.05. The molecular weight excluding hydrogens is 284 g/mol. The molecule has 1 N–H and O–H groups in total. The smallest absolute Gasteiger partial charge is 0.137 e. The number of imidazole rings is 1. The van der Waals surface area contributed by atoms with Gasteiger partial charge in [-0.15, -0.1) is 0 Å². The standard InChI is InChI=1S/C16H17ClN4/c1-9(2)15-10(3)18-13(21-16(15)17)8-14-19-11-6-4-5-7-12(11)20-14/h4-7,9H,8H2,1-3H3,(H,19,20). The van der Waals surface area contributed by atoms with Crippen LogP contribution in [-0.4, -0.2) is 19.9 Å². The van der Waals surface area contributed by atoms with E-state index >= 15 is 0 Å². The molecule has 0 unspecified atom stereocenters. The van der Waals surface area contributed by atoms with Gasteiger partial charge < -0.3 is 4.98 Å². The van der Waals surface area contributed by atoms with Crippen LogP contribution in [0.1, 0.15) is 42.7 Å². The number of H-pyrrole nitrogens is 1. The molecule has 0 radical (unpaired) electrons. The second-order valence-corrected chi connectivity index (χ2v) is 5.82. The molecule has 0 fully saturated rings. The molecule has 3 aromatic rings. The lowest BCUT2D eigenvalue weighted by Gasteiger charge is -2.11. The normalized spacial score (nSPS) is 11.5. The molecule has 3 rings (SSSR count). The number of halogens is 1. The molecule has 21 heavy (non-hydrogen) atoms. The minimum Gasteiger partial charge on any atom is -0.342 e. The van der Waals surface area contributed by atoms with Crippen molar-refractivity contribution in [2.45, 2.75) is 33.1 Å². The molecule has 0 aliphatic heterocycles. The fraction of sp³-hybridized carbons (Fsp3) is 0.312. The summed E-state index contributed by atoms with van der Waals surface area (Å²) in [4.78, 5) is 16.8. The highest BCUT2D eigenvalue weighted by Crippen LogP contribution is 2.25. The van der Waals surface area contributed by atoms with Crippen molar-refractivity contribution >= 4 is 22.6 Å². The number of nitrogens with zero attached hydrogens (tertiary/aromatic N) is 3. The maximum absolute atomic E-state index is 6.29. The first-order chi connectivity index (χ1) is 10.0. The van der Waals surface area contributed by atoms with Crippen LogP contribution in [0.25, 0.3) is 11.0 Å². The van der Waals surface area contributed by atoms with Gasteiger partial charge in [0.25, 0.3) is 0 Å². The van der Waals surface area contributed by atoms with Crippen LogP contribution in [0, 0.1) is 6.92 Å². The predicted octanol–water partition coefficient (Wildman–Crippen LogP) is 4.03. The topological polar surface area (TPSA) is 54.5 Å². The number of benzene rings is 1. The van der Waals surface area contributed by atoms with Crippen molar-refractivity contribution in [3.63, 3.8) is 0 Å². The maximum atomic E-state index is 6.29. The van der Waals surface area contributed by atoms with Gasteiger partial charge in [-0.05, 0) is 25.0 Å². The molecule has 0 aliphatic carbocycles. The summed E-state index contributed by atoms with van der Waals surface area (Å²) in [6.07, 6.45) is 0.549. The fourth-order valence-electron chi connectivity index (χ4n) is 2.58. The SMILES string of the molecule is Cc1nc(Cc2nc3ccccc3[nH]2)nc(Cl)c1C(C)C. The summed E-state index contributed by atoms with van der Waals surface area (Å²) in [5.41, 5.74) is 3.93. The third-order valence-corrected chi connectivity index (χ3v) is 3.77. The van der Waals surface area contributed by atoms with Crippen LogP contribution in [0.4, 0.5) is 0 Å². The van der Waals surface area contributed by atoms with Crippen molar-refractivity contribution < 1.29 is 0 Å². The minimum absolute atomic E-state index is 0.317. The number of para-hydroxylation sites is 2. The molecule has 0 saturated heterocycles. The molecular formula is C16H17ClN4. The van der Waals surface area contributed by atoms with Gasteiger partial charge in [-0.1, -0.05) is 37.6 Å². The van der Waals surface area contributed by atoms with Gasteiger partial charge in [-0.2, -0.15) is 0 Å². The zero-order valence-corrected chi connectivity index (χ0v) is 13.1. The second kappa shape index (κ2) is 5.45. The Morgan fingerprint density at radius 2 is 1.90 bits per heavy atom. The van der Waals surface area contributed by atoms with Crippen molar-refractivity contribution in [1.29, 1.82) is 0 Å². The Bertz CT molecular complexity index is 736. The van der Waals surface area contributed by atoms with E-state index in [2.05, 4.69) is 33.8 Å². The first-order valence-corrected chi connectivity index (χ1v) is 7.39. The Morgan fingerprint density at radius 1 is 1.14 bits per heavy atom. The van der Waals surface area contributed by atoms with Crippen LogP contribution in [0.3, 0.4) is 0 Å². The van der Waals surface area contributed by atoms with E-state index in [1.807, 2.05) is 31.2 Å². The largest absolute Gasteiger partial charge is 0.342 e. The Labute approximate surface area is 128 Å². The van der Waals surface area contributed by atoms with E-state index in [0.29, 0.717) is 23.3 Å². The number of aromatic nitrogens is 4. The molecule has 0 aliphatic rings. The summed E-state index contributed by atoms with van der Waals surface area (Å²) in [6, 6.07) is 7.95. The molecule has 108 valence electrons. The maximum Gasteiger partial charge on any atom is 0.137 e. The molecule has 2 heterocycles. The van der Waals surface area contributed by atoms with Crippen LogP contribution in [0.5, 0.6) is 0 Å². The van der Waals surface area contributed by atoms with Crippen LogP contribution in [0.2, 0.25) is 5.15 Å². The molecule has 0 spiro atoms. The number of hydrogen-bond acceptors (Lipinski definition) is 3. The van der Waals surface area contributed by atoms with Gasteiger partial charge >= 0.3 is 0 Å². The van der Waals surface area contributed by atoms with Crippen LogP contribution >= 0.6 is 11.6 Å². The zero-order chi connectivity index (χ0) is 15.0. The monoisotopic (exact) mass is 300 g/mol. The van der Waals surface area contributed by atoms with E-state index in [0.717, 1.165) is 28.1 Å². The van der Waals surface area contributed by atoms with Crippen molar-refractivity contribution in [3.8, 4) is 0 Å². The highest BCUT2D eigenvalue weighted by Gasteiger charge is 2.14. The second-order valence-electron chi connectivity index (χ2n) is 5.46. The average Bonchev–Trinajstić information content (AvgIpc) is 2.79. The van der Waals surface area contributed by atoms with Crippen molar-refractivity contribution in [2.24, 2.45) is 0 Å². The Balaban J connectivity index is 1.94. The number of fused-ring (bicyclic) bond motifs is 1. The molecule has 0 saturated carbocycles. The summed E-state index contributed by atoms with van der Waals surface area (Å²) in [5, 5.41) is 0.545. The molecule has 4 nitrogen and oxygen atoms in total. The van der Waals surface area contributed by atoms with E-state index in [9.17, 15) is 0 Å². The van der Waals surface area contributed by atoms with Gasteiger partial charge in [-0.25, -0.2) is 15.0 Å². The van der Waals surface area contributed by atoms with E-state index in [1.165, 1.54) is 0 Å². The third kappa shape index (κ3) is 2.76. The summed E-state index contributed by atoms with van der Waals surface area (Å²) >= 11 is 6.29. The molecule has 5 heteroatoms. The summed E-state index contributed by atoms with van der Waals surface area (Å²) in [5.74, 6) is 1.86. The van der Waals surface area contributed by atoms with Crippen molar-refractivity contribution in [2.75, 3.05) is 0 Å². The molecule has 0 atom stereocenters. The van der Waals surface area contributed by atoms with Gasteiger partial charge in [0.1, 0.15) is 16.8 Å². The summed E-state index contributed by atoms with van der Waals surface area (Å²) in [7, 11) is 0. The third-order valence-electron chi connectivity index (χ3n) is 3.48. The lowest BCUT2D eigenvalue weighted by molar-refractivity contribution is 0.805. The quantitative estimate of drug-likeness (QED) is 0.743. The highest BCUT2D eigenvalue weighted by atomic mass is 35.5. The summed E-state index contributed by atoms with van der Waals surface area (Å²) in [6.45, 7) is 6.16. The zero-order valence-electron chi connectivity index (χ0n) is 12.3. The number of nitrogens with one attached hydrogen (secondary N) is 1. The van der Waals surface area contributed by atoms with E-state index in [1.54, 1.807) is 0 Å². The lowest BCUT2D eigenvalue weighted by atomic mass is 10.0. The van der Waals surface area contributed by atoms with Gasteiger partial charge in [0.05, 0.1) is 17.5 Å². The van der Waals surface area contributed by atoms with Gasteiger partial charge in [0, 0.05) is 11.3 Å². The Morgan fingerprint density at radius 3 is 2.57 bits per heavy atom. The first-order valence-electron chi connectivity index (χ1n) is 7.01. The van der Waals surface area contributed by atoms with E-state index in [4.69, 9.17) is 11.6 Å². The highest BCUT2D eigenvalue weighted by molar-refractivity contribution is 6.30.